The minimum absolute atomic E-state index is 0.184. The number of carbonyl (C=O) groups excluding carboxylic acids is 2. The molecule has 0 saturated carbocycles. The summed E-state index contributed by atoms with van der Waals surface area (Å²) in [6.45, 7) is 7.23. The lowest BCUT2D eigenvalue weighted by Gasteiger charge is -2.33. The highest BCUT2D eigenvalue weighted by Crippen LogP contribution is 2.25. The molecule has 1 aromatic rings. The van der Waals surface area contributed by atoms with Crippen molar-refractivity contribution in [1.82, 2.24) is 9.88 Å². The maximum absolute atomic E-state index is 12.1. The summed E-state index contributed by atoms with van der Waals surface area (Å²) in [7, 11) is 0. The fourth-order valence-electron chi connectivity index (χ4n) is 3.01. The summed E-state index contributed by atoms with van der Waals surface area (Å²) in [5, 5.41) is 0.954. The summed E-state index contributed by atoms with van der Waals surface area (Å²) < 4.78 is 5.43. The van der Waals surface area contributed by atoms with Crippen LogP contribution in [0.1, 0.15) is 59.3 Å². The van der Waals surface area contributed by atoms with Crippen LogP contribution in [0.2, 0.25) is 0 Å². The van der Waals surface area contributed by atoms with E-state index in [1.165, 1.54) is 11.8 Å². The molecular weight excluding hydrogens is 348 g/mol. The molecule has 5 nitrogen and oxygen atoms in total. The Morgan fingerprint density at radius 3 is 2.58 bits per heavy atom. The second kappa shape index (κ2) is 9.95. The van der Waals surface area contributed by atoms with E-state index >= 15 is 0 Å². The minimum atomic E-state index is -0.437. The van der Waals surface area contributed by atoms with Crippen molar-refractivity contribution in [3.05, 3.63) is 24.4 Å². The van der Waals surface area contributed by atoms with Gasteiger partial charge in [0, 0.05) is 25.7 Å². The molecule has 1 aliphatic heterocycles. The third kappa shape index (κ3) is 7.77. The van der Waals surface area contributed by atoms with Gasteiger partial charge in [-0.25, -0.2) is 9.78 Å². The van der Waals surface area contributed by atoms with Crippen LogP contribution in [0, 0.1) is 5.92 Å². The number of carbonyl (C=O) groups is 2. The van der Waals surface area contributed by atoms with Crippen molar-refractivity contribution in [1.29, 1.82) is 0 Å². The van der Waals surface area contributed by atoms with Crippen molar-refractivity contribution < 1.29 is 14.3 Å². The van der Waals surface area contributed by atoms with E-state index in [0.29, 0.717) is 12.3 Å². The molecule has 0 bridgehead atoms. The summed E-state index contributed by atoms with van der Waals surface area (Å²) in [6, 6.07) is 5.61. The molecule has 26 heavy (non-hydrogen) atoms. The van der Waals surface area contributed by atoms with Gasteiger partial charge in [0.2, 0.25) is 0 Å². The molecule has 1 fully saturated rings. The third-order valence-electron chi connectivity index (χ3n) is 4.37. The summed E-state index contributed by atoms with van der Waals surface area (Å²) in [5.41, 5.74) is -0.437. The van der Waals surface area contributed by atoms with Crippen molar-refractivity contribution in [3.63, 3.8) is 0 Å². The van der Waals surface area contributed by atoms with Crippen molar-refractivity contribution in [2.24, 2.45) is 5.92 Å². The van der Waals surface area contributed by atoms with Gasteiger partial charge in [-0.1, -0.05) is 18.9 Å². The first-order chi connectivity index (χ1) is 12.3. The Balaban J connectivity index is 1.57. The Hall–Kier alpha value is -1.56. The summed E-state index contributed by atoms with van der Waals surface area (Å²) in [4.78, 5) is 30.0. The number of ether oxygens (including phenoxy) is 1. The summed E-state index contributed by atoms with van der Waals surface area (Å²) in [5.74, 6) is 0.646. The van der Waals surface area contributed by atoms with Crippen LogP contribution in [0.3, 0.4) is 0 Å². The van der Waals surface area contributed by atoms with Gasteiger partial charge in [0.1, 0.15) is 10.6 Å². The lowest BCUT2D eigenvalue weighted by Crippen LogP contribution is -2.41. The van der Waals surface area contributed by atoms with Gasteiger partial charge in [-0.15, -0.1) is 0 Å². The van der Waals surface area contributed by atoms with Crippen molar-refractivity contribution >= 4 is 23.0 Å². The van der Waals surface area contributed by atoms with Crippen LogP contribution in [0.15, 0.2) is 29.4 Å². The molecule has 0 radical (unpaired) electrons. The predicted octanol–water partition coefficient (Wildman–Crippen LogP) is 4.91. The molecule has 1 amide bonds. The van der Waals surface area contributed by atoms with Crippen molar-refractivity contribution in [2.45, 2.75) is 69.9 Å². The Bertz CT molecular complexity index is 578. The van der Waals surface area contributed by atoms with Gasteiger partial charge < -0.3 is 9.64 Å². The van der Waals surface area contributed by atoms with Crippen LogP contribution < -0.4 is 0 Å². The lowest BCUT2D eigenvalue weighted by atomic mass is 9.91. The Morgan fingerprint density at radius 2 is 1.96 bits per heavy atom. The number of thioether (sulfide) groups is 1. The molecule has 2 heterocycles. The van der Waals surface area contributed by atoms with Crippen LogP contribution in [0.4, 0.5) is 4.79 Å². The SMILES string of the molecule is CC(C)(C)OC(=O)N1CCC(CCCCC(=O)Sc2ccccn2)CC1. The van der Waals surface area contributed by atoms with Gasteiger partial charge in [-0.05, 0) is 69.8 Å². The Kier molecular flexibility index (Phi) is 7.94. The number of unbranched alkanes of at least 4 members (excludes halogenated alkanes) is 1. The smallest absolute Gasteiger partial charge is 0.410 e. The van der Waals surface area contributed by atoms with Gasteiger partial charge in [0.05, 0.1) is 0 Å². The van der Waals surface area contributed by atoms with Crippen LogP contribution in [-0.2, 0) is 9.53 Å². The van der Waals surface area contributed by atoms with Gasteiger partial charge in [-0.3, -0.25) is 4.79 Å². The molecule has 0 aromatic carbocycles. The second-order valence-electron chi connectivity index (χ2n) is 7.80. The average Bonchev–Trinajstić information content (AvgIpc) is 2.58. The van der Waals surface area contributed by atoms with E-state index in [4.69, 9.17) is 4.74 Å². The molecule has 2 rings (SSSR count). The van der Waals surface area contributed by atoms with Crippen LogP contribution in [0.5, 0.6) is 0 Å². The fourth-order valence-corrected chi connectivity index (χ4v) is 3.75. The zero-order chi connectivity index (χ0) is 19.0. The summed E-state index contributed by atoms with van der Waals surface area (Å²) >= 11 is 1.23. The minimum Gasteiger partial charge on any atom is -0.444 e. The van der Waals surface area contributed by atoms with E-state index in [1.54, 1.807) is 6.20 Å². The predicted molar refractivity (Wildman–Crippen MR) is 104 cm³/mol. The molecule has 0 aliphatic carbocycles. The van der Waals surface area contributed by atoms with E-state index in [2.05, 4.69) is 4.98 Å². The first-order valence-electron chi connectivity index (χ1n) is 9.43. The van der Waals surface area contributed by atoms with Gasteiger partial charge in [0.15, 0.2) is 5.12 Å². The lowest BCUT2D eigenvalue weighted by molar-refractivity contribution is -0.111. The molecule has 0 unspecified atom stereocenters. The van der Waals surface area contributed by atoms with Gasteiger partial charge in [-0.2, -0.15) is 0 Å². The number of hydrogen-bond donors (Lipinski definition) is 0. The average molecular weight is 379 g/mol. The number of piperidine rings is 1. The van der Waals surface area contributed by atoms with E-state index in [-0.39, 0.29) is 11.2 Å². The normalized spacial score (nSPS) is 15.7. The molecule has 1 saturated heterocycles. The van der Waals surface area contributed by atoms with E-state index in [0.717, 1.165) is 50.2 Å². The maximum Gasteiger partial charge on any atom is 0.410 e. The fraction of sp³-hybridized carbons (Fsp3) is 0.650. The molecule has 1 aromatic heterocycles. The summed E-state index contributed by atoms with van der Waals surface area (Å²) in [6.07, 6.45) is 7.26. The number of pyridine rings is 1. The third-order valence-corrected chi connectivity index (χ3v) is 5.25. The first-order valence-corrected chi connectivity index (χ1v) is 10.2. The van der Waals surface area contributed by atoms with Crippen LogP contribution in [0.25, 0.3) is 0 Å². The number of likely N-dealkylation sites (tertiary alicyclic amines) is 1. The second-order valence-corrected chi connectivity index (χ2v) is 8.88. The Morgan fingerprint density at radius 1 is 1.23 bits per heavy atom. The Labute approximate surface area is 160 Å². The largest absolute Gasteiger partial charge is 0.444 e. The van der Waals surface area contributed by atoms with Crippen molar-refractivity contribution in [2.75, 3.05) is 13.1 Å². The zero-order valence-electron chi connectivity index (χ0n) is 16.1. The highest BCUT2D eigenvalue weighted by Gasteiger charge is 2.26. The van der Waals surface area contributed by atoms with E-state index < -0.39 is 5.60 Å². The quantitative estimate of drug-likeness (QED) is 0.520. The van der Waals surface area contributed by atoms with E-state index in [1.807, 2.05) is 43.9 Å². The number of amides is 1. The number of hydrogen-bond acceptors (Lipinski definition) is 5. The zero-order valence-corrected chi connectivity index (χ0v) is 16.9. The van der Waals surface area contributed by atoms with Gasteiger partial charge in [0.25, 0.3) is 0 Å². The molecule has 0 atom stereocenters. The molecule has 0 spiro atoms. The topological polar surface area (TPSA) is 59.5 Å². The highest BCUT2D eigenvalue weighted by atomic mass is 32.2. The highest BCUT2D eigenvalue weighted by molar-refractivity contribution is 8.13. The molecule has 0 N–H and O–H groups in total. The first kappa shape index (κ1) is 20.7. The van der Waals surface area contributed by atoms with E-state index in [9.17, 15) is 9.59 Å². The number of aromatic nitrogens is 1. The monoisotopic (exact) mass is 378 g/mol. The molecule has 144 valence electrons. The molecule has 6 heteroatoms. The van der Waals surface area contributed by atoms with Crippen molar-refractivity contribution in [3.8, 4) is 0 Å². The molecule has 1 aliphatic rings. The molecular formula is C20H30N2O3S. The van der Waals surface area contributed by atoms with Crippen LogP contribution in [-0.4, -0.2) is 39.8 Å². The standard InChI is InChI=1S/C20H30N2O3S/c1-20(2,3)25-19(24)22-14-11-16(12-15-22)8-4-5-10-18(23)26-17-9-6-7-13-21-17/h6-7,9,13,16H,4-5,8,10-12,14-15H2,1-3H3. The van der Waals surface area contributed by atoms with Gasteiger partial charge >= 0.3 is 6.09 Å². The number of nitrogens with zero attached hydrogens (tertiary/aromatic N) is 2. The van der Waals surface area contributed by atoms with Crippen LogP contribution >= 0.6 is 11.8 Å². The number of rotatable bonds is 6. The maximum atomic E-state index is 12.1.